The first-order chi connectivity index (χ1) is 18.5. The van der Waals surface area contributed by atoms with Crippen LogP contribution in [-0.2, 0) is 12.1 Å². The van der Waals surface area contributed by atoms with Gasteiger partial charge in [0.25, 0.3) is 5.91 Å². The number of likely N-dealkylation sites (tertiary alicyclic amines) is 1. The van der Waals surface area contributed by atoms with Crippen LogP contribution < -0.4 is 10.6 Å². The van der Waals surface area contributed by atoms with Crippen LogP contribution in [-0.4, -0.2) is 72.5 Å². The number of alkyl halides is 1. The molecule has 5 rings (SSSR count). The summed E-state index contributed by atoms with van der Waals surface area (Å²) in [4.78, 5) is 23.9. The van der Waals surface area contributed by atoms with Crippen LogP contribution in [0, 0.1) is 0 Å². The standard InChI is InChI=1S/C27H34FN9O2/c1-16(2)23-22(33-25-20(8-7-10-36(23)25)31-19-9-11-35(6)15-18(19)28)24-32-21(39-34-24)13-29-26(38)17-12-30-37(14-17)27(3,4)5/h7-8,10,12,14,18-19,31H,1,9,11,13,15H2,2-6H3,(H,29,38)/t18-,19+/m0/s1. The van der Waals surface area contributed by atoms with Gasteiger partial charge in [-0.2, -0.15) is 10.1 Å². The first-order valence-electron chi connectivity index (χ1n) is 12.9. The van der Waals surface area contributed by atoms with Crippen molar-refractivity contribution in [1.29, 1.82) is 0 Å². The lowest BCUT2D eigenvalue weighted by Crippen LogP contribution is -2.46. The molecular formula is C27H34FN9O2. The number of pyridine rings is 1. The summed E-state index contributed by atoms with van der Waals surface area (Å²) in [5.41, 5.74) is 3.51. The number of piperidine rings is 1. The van der Waals surface area contributed by atoms with Gasteiger partial charge >= 0.3 is 0 Å². The fraction of sp³-hybridized carbons (Fsp3) is 0.444. The summed E-state index contributed by atoms with van der Waals surface area (Å²) < 4.78 is 23.8. The Kier molecular flexibility index (Phi) is 6.98. The average Bonchev–Trinajstić information content (AvgIpc) is 3.62. The molecule has 12 heteroatoms. The number of imidazole rings is 1. The van der Waals surface area contributed by atoms with E-state index >= 15 is 0 Å². The minimum atomic E-state index is -0.989. The van der Waals surface area contributed by atoms with E-state index in [9.17, 15) is 9.18 Å². The molecule has 11 nitrogen and oxygen atoms in total. The molecular weight excluding hydrogens is 501 g/mol. The Hall–Kier alpha value is -4.06. The molecule has 0 aromatic carbocycles. The maximum atomic E-state index is 14.7. The lowest BCUT2D eigenvalue weighted by Gasteiger charge is -2.33. The van der Waals surface area contributed by atoms with Gasteiger partial charge in [0.2, 0.25) is 11.7 Å². The predicted molar refractivity (Wildman–Crippen MR) is 146 cm³/mol. The van der Waals surface area contributed by atoms with Crippen LogP contribution in [0.2, 0.25) is 0 Å². The number of fused-ring (bicyclic) bond motifs is 1. The second kappa shape index (κ2) is 10.3. The molecule has 0 saturated carbocycles. The van der Waals surface area contributed by atoms with Gasteiger partial charge in [-0.25, -0.2) is 9.37 Å². The molecule has 1 aliphatic rings. The Morgan fingerprint density at radius 2 is 2.10 bits per heavy atom. The summed E-state index contributed by atoms with van der Waals surface area (Å²) in [5.74, 6) is 0.211. The molecule has 2 N–H and O–H groups in total. The molecule has 1 fully saturated rings. The molecule has 4 aromatic heterocycles. The summed E-state index contributed by atoms with van der Waals surface area (Å²) in [6, 6.07) is 3.46. The summed E-state index contributed by atoms with van der Waals surface area (Å²) in [6.45, 7) is 13.3. The smallest absolute Gasteiger partial charge is 0.254 e. The van der Waals surface area contributed by atoms with Crippen LogP contribution in [0.1, 0.15) is 56.1 Å². The van der Waals surface area contributed by atoms with Crippen LogP contribution >= 0.6 is 0 Å². The highest BCUT2D eigenvalue weighted by Crippen LogP contribution is 2.31. The van der Waals surface area contributed by atoms with E-state index in [4.69, 9.17) is 9.51 Å². The third-order valence-corrected chi connectivity index (χ3v) is 6.75. The normalized spacial score (nSPS) is 18.4. The molecule has 1 saturated heterocycles. The second-order valence-corrected chi connectivity index (χ2v) is 11.1. The number of aromatic nitrogens is 6. The van der Waals surface area contributed by atoms with E-state index in [2.05, 4.69) is 32.5 Å². The Bertz CT molecular complexity index is 1510. The maximum Gasteiger partial charge on any atom is 0.254 e. The zero-order valence-corrected chi connectivity index (χ0v) is 22.9. The molecule has 1 aliphatic heterocycles. The molecule has 0 spiro atoms. The zero-order valence-electron chi connectivity index (χ0n) is 22.9. The lowest BCUT2D eigenvalue weighted by atomic mass is 10.0. The Labute approximate surface area is 226 Å². The Morgan fingerprint density at radius 1 is 1.31 bits per heavy atom. The quantitative estimate of drug-likeness (QED) is 0.367. The molecule has 0 aliphatic carbocycles. The molecule has 1 amide bonds. The van der Waals surface area contributed by atoms with Crippen molar-refractivity contribution < 1.29 is 13.7 Å². The summed E-state index contributed by atoms with van der Waals surface area (Å²) in [6.07, 6.45) is 4.81. The maximum absolute atomic E-state index is 14.7. The minimum Gasteiger partial charge on any atom is -0.376 e. The number of amides is 1. The van der Waals surface area contributed by atoms with Crippen molar-refractivity contribution in [2.45, 2.75) is 58.4 Å². The third-order valence-electron chi connectivity index (χ3n) is 6.75. The molecule has 0 bridgehead atoms. The van der Waals surface area contributed by atoms with E-state index < -0.39 is 6.17 Å². The Balaban J connectivity index is 1.37. The number of carbonyl (C=O) groups excluding carboxylic acids is 1. The van der Waals surface area contributed by atoms with Crippen molar-refractivity contribution in [1.82, 2.24) is 39.5 Å². The second-order valence-electron chi connectivity index (χ2n) is 11.1. The molecule has 5 heterocycles. The van der Waals surface area contributed by atoms with E-state index in [0.29, 0.717) is 29.9 Å². The van der Waals surface area contributed by atoms with Crippen molar-refractivity contribution in [3.8, 4) is 11.5 Å². The van der Waals surface area contributed by atoms with Gasteiger partial charge in [-0.1, -0.05) is 11.7 Å². The third kappa shape index (κ3) is 5.42. The largest absolute Gasteiger partial charge is 0.376 e. The highest BCUT2D eigenvalue weighted by Gasteiger charge is 2.29. The average molecular weight is 536 g/mol. The van der Waals surface area contributed by atoms with Crippen molar-refractivity contribution in [3.05, 3.63) is 54.5 Å². The Morgan fingerprint density at radius 3 is 2.79 bits per heavy atom. The number of allylic oxidation sites excluding steroid dienone is 1. The predicted octanol–water partition coefficient (Wildman–Crippen LogP) is 3.75. The first-order valence-corrected chi connectivity index (χ1v) is 12.9. The van der Waals surface area contributed by atoms with Crippen molar-refractivity contribution >= 4 is 22.8 Å². The lowest BCUT2D eigenvalue weighted by molar-refractivity contribution is 0.0946. The molecule has 0 radical (unpaired) electrons. The van der Waals surface area contributed by atoms with Crippen molar-refractivity contribution in [3.63, 3.8) is 0 Å². The summed E-state index contributed by atoms with van der Waals surface area (Å²) >= 11 is 0. The molecule has 206 valence electrons. The van der Waals surface area contributed by atoms with E-state index in [1.54, 1.807) is 10.9 Å². The topological polar surface area (TPSA) is 118 Å². The van der Waals surface area contributed by atoms with Crippen LogP contribution in [0.25, 0.3) is 22.7 Å². The zero-order chi connectivity index (χ0) is 27.9. The minimum absolute atomic E-state index is 0.0448. The van der Waals surface area contributed by atoms with Gasteiger partial charge in [0.15, 0.2) is 5.65 Å². The molecule has 0 unspecified atom stereocenters. The molecule has 2 atom stereocenters. The van der Waals surface area contributed by atoms with Gasteiger partial charge < -0.3 is 20.1 Å². The van der Waals surface area contributed by atoms with Gasteiger partial charge in [-0.3, -0.25) is 13.9 Å². The fourth-order valence-electron chi connectivity index (χ4n) is 4.65. The SMILES string of the molecule is C=C(C)c1c(-c2noc(CNC(=O)c3cnn(C(C)(C)C)c3)n2)nc2c(N[C@@H]3CCN(C)C[C@@H]3F)cccn12. The highest BCUT2D eigenvalue weighted by molar-refractivity contribution is 5.93. The first kappa shape index (κ1) is 26.5. The van der Waals surface area contributed by atoms with Gasteiger partial charge in [0.05, 0.1) is 41.3 Å². The van der Waals surface area contributed by atoms with Crippen molar-refractivity contribution in [2.75, 3.05) is 25.5 Å². The number of hydrogen-bond donors (Lipinski definition) is 2. The number of nitrogens with one attached hydrogen (secondary N) is 2. The number of rotatable bonds is 7. The van der Waals surface area contributed by atoms with E-state index in [1.165, 1.54) is 6.20 Å². The summed E-state index contributed by atoms with van der Waals surface area (Å²) in [5, 5.41) is 14.5. The summed E-state index contributed by atoms with van der Waals surface area (Å²) in [7, 11) is 1.93. The van der Waals surface area contributed by atoms with Crippen molar-refractivity contribution in [2.24, 2.45) is 0 Å². The van der Waals surface area contributed by atoms with E-state index in [-0.39, 0.29) is 35.7 Å². The van der Waals surface area contributed by atoms with E-state index in [0.717, 1.165) is 23.5 Å². The van der Waals surface area contributed by atoms with Gasteiger partial charge in [-0.05, 0) is 58.9 Å². The van der Waals surface area contributed by atoms with Crippen LogP contribution in [0.4, 0.5) is 10.1 Å². The van der Waals surface area contributed by atoms with Gasteiger partial charge in [0, 0.05) is 25.5 Å². The van der Waals surface area contributed by atoms with Crippen LogP contribution in [0.5, 0.6) is 0 Å². The number of nitrogens with zero attached hydrogens (tertiary/aromatic N) is 7. The van der Waals surface area contributed by atoms with Crippen LogP contribution in [0.3, 0.4) is 0 Å². The highest BCUT2D eigenvalue weighted by atomic mass is 19.1. The molecule has 4 aromatic rings. The molecule has 39 heavy (non-hydrogen) atoms. The monoisotopic (exact) mass is 535 g/mol. The van der Waals surface area contributed by atoms with Crippen LogP contribution in [0.15, 0.2) is 41.8 Å². The van der Waals surface area contributed by atoms with Gasteiger partial charge in [-0.15, -0.1) is 0 Å². The fourth-order valence-corrected chi connectivity index (χ4v) is 4.65. The number of hydrogen-bond acceptors (Lipinski definition) is 8. The number of anilines is 1. The number of halogens is 1. The van der Waals surface area contributed by atoms with Gasteiger partial charge in [0.1, 0.15) is 11.9 Å². The number of carbonyl (C=O) groups is 1. The van der Waals surface area contributed by atoms with E-state index in [1.807, 2.05) is 62.4 Å².